The number of carbonyl (C=O) groups is 2. The predicted molar refractivity (Wildman–Crippen MR) is 129 cm³/mol. The lowest BCUT2D eigenvalue weighted by Gasteiger charge is -2.12. The van der Waals surface area contributed by atoms with E-state index in [1.165, 1.54) is 33.6 Å². The zero-order chi connectivity index (χ0) is 24.4. The molecule has 3 aromatic carbocycles. The highest BCUT2D eigenvalue weighted by molar-refractivity contribution is 6.30. The number of aromatic nitrogens is 2. The second-order valence-electron chi connectivity index (χ2n) is 7.21. The molecule has 0 aliphatic rings. The number of ether oxygens (including phenoxy) is 1. The second kappa shape index (κ2) is 9.59. The lowest BCUT2D eigenvalue weighted by atomic mass is 10.0. The Morgan fingerprint density at radius 2 is 1.26 bits per heavy atom. The topological polar surface area (TPSA) is 90.5 Å². The SMILES string of the molecule is CCOC(=O)c1ccc(C(=O)c2c(O)n(-c3ccc(Cl)cc3)n(-c3ccc(Cl)cc3)c2=O)cc1. The Morgan fingerprint density at radius 3 is 1.76 bits per heavy atom. The van der Waals surface area contributed by atoms with E-state index >= 15 is 0 Å². The monoisotopic (exact) mass is 496 g/mol. The minimum absolute atomic E-state index is 0.122. The van der Waals surface area contributed by atoms with Crippen molar-refractivity contribution in [3.63, 3.8) is 0 Å². The highest BCUT2D eigenvalue weighted by Crippen LogP contribution is 2.26. The van der Waals surface area contributed by atoms with Crippen molar-refractivity contribution in [1.29, 1.82) is 0 Å². The van der Waals surface area contributed by atoms with Gasteiger partial charge in [0.1, 0.15) is 0 Å². The fourth-order valence-corrected chi connectivity index (χ4v) is 3.70. The summed E-state index contributed by atoms with van der Waals surface area (Å²) >= 11 is 12.0. The van der Waals surface area contributed by atoms with Crippen LogP contribution in [0.15, 0.2) is 77.6 Å². The van der Waals surface area contributed by atoms with Crippen LogP contribution in [0, 0.1) is 0 Å². The Morgan fingerprint density at radius 1 is 0.794 bits per heavy atom. The van der Waals surface area contributed by atoms with Crippen LogP contribution in [0.1, 0.15) is 33.2 Å². The third kappa shape index (κ3) is 4.35. The Labute approximate surface area is 204 Å². The molecule has 4 aromatic rings. The number of halogens is 2. The van der Waals surface area contributed by atoms with E-state index in [2.05, 4.69) is 0 Å². The predicted octanol–water partition coefficient (Wildman–Crippen LogP) is 5.05. The molecule has 0 saturated heterocycles. The van der Waals surface area contributed by atoms with Crippen LogP contribution in [0.3, 0.4) is 0 Å². The number of carbonyl (C=O) groups excluding carboxylic acids is 2. The van der Waals surface area contributed by atoms with E-state index < -0.39 is 28.8 Å². The van der Waals surface area contributed by atoms with E-state index in [1.807, 2.05) is 0 Å². The Bertz CT molecular complexity index is 1420. The molecule has 172 valence electrons. The first-order chi connectivity index (χ1) is 16.3. The molecular weight excluding hydrogens is 479 g/mol. The molecule has 0 radical (unpaired) electrons. The third-order valence-electron chi connectivity index (χ3n) is 5.06. The molecule has 4 rings (SSSR count). The average molecular weight is 497 g/mol. The van der Waals surface area contributed by atoms with Crippen LogP contribution in [-0.2, 0) is 4.74 Å². The van der Waals surface area contributed by atoms with Gasteiger partial charge in [0, 0.05) is 15.6 Å². The van der Waals surface area contributed by atoms with Crippen molar-refractivity contribution >= 4 is 35.0 Å². The van der Waals surface area contributed by atoms with Crippen LogP contribution in [0.4, 0.5) is 0 Å². The maximum absolute atomic E-state index is 13.4. The molecule has 0 amide bonds. The number of hydrogen-bond donors (Lipinski definition) is 1. The molecule has 0 saturated carbocycles. The van der Waals surface area contributed by atoms with E-state index in [4.69, 9.17) is 27.9 Å². The van der Waals surface area contributed by atoms with Crippen molar-refractivity contribution in [2.24, 2.45) is 0 Å². The summed E-state index contributed by atoms with van der Waals surface area (Å²) in [5, 5.41) is 12.0. The quantitative estimate of drug-likeness (QED) is 0.298. The number of hydrogen-bond acceptors (Lipinski definition) is 5. The summed E-state index contributed by atoms with van der Waals surface area (Å²) in [7, 11) is 0. The summed E-state index contributed by atoms with van der Waals surface area (Å²) in [6, 6.07) is 18.4. The van der Waals surface area contributed by atoms with Crippen LogP contribution in [0.5, 0.6) is 5.88 Å². The van der Waals surface area contributed by atoms with Gasteiger partial charge in [-0.15, -0.1) is 0 Å². The fraction of sp³-hybridized carbons (Fsp3) is 0.0800. The van der Waals surface area contributed by atoms with Crippen LogP contribution in [0.25, 0.3) is 11.4 Å². The average Bonchev–Trinajstić information content (AvgIpc) is 3.10. The zero-order valence-electron chi connectivity index (χ0n) is 17.9. The fourth-order valence-electron chi connectivity index (χ4n) is 3.44. The van der Waals surface area contributed by atoms with Gasteiger partial charge in [-0.1, -0.05) is 35.3 Å². The van der Waals surface area contributed by atoms with Gasteiger partial charge in [0.05, 0.1) is 23.5 Å². The van der Waals surface area contributed by atoms with E-state index in [1.54, 1.807) is 55.5 Å². The van der Waals surface area contributed by atoms with Crippen molar-refractivity contribution in [3.8, 4) is 17.3 Å². The maximum atomic E-state index is 13.4. The van der Waals surface area contributed by atoms with Gasteiger partial charge >= 0.3 is 5.97 Å². The Kier molecular flexibility index (Phi) is 6.58. The molecule has 34 heavy (non-hydrogen) atoms. The molecule has 9 heteroatoms. The van der Waals surface area contributed by atoms with Crippen molar-refractivity contribution in [2.45, 2.75) is 6.92 Å². The standard InChI is InChI=1S/C25H18Cl2N2O5/c1-2-34-25(33)16-5-3-15(4-6-16)22(30)21-23(31)28(19-11-7-17(26)8-12-19)29(24(21)32)20-13-9-18(27)10-14-20/h3-14,31H,2H2,1H3. The first-order valence-corrected chi connectivity index (χ1v) is 11.0. The van der Waals surface area contributed by atoms with Gasteiger partial charge in [-0.05, 0) is 67.6 Å². The highest BCUT2D eigenvalue weighted by Gasteiger charge is 2.28. The molecule has 0 fully saturated rings. The van der Waals surface area contributed by atoms with Gasteiger partial charge < -0.3 is 9.84 Å². The van der Waals surface area contributed by atoms with Gasteiger partial charge in [0.2, 0.25) is 11.7 Å². The summed E-state index contributed by atoms with van der Waals surface area (Å²) in [6.45, 7) is 1.91. The maximum Gasteiger partial charge on any atom is 0.338 e. The third-order valence-corrected chi connectivity index (χ3v) is 5.56. The van der Waals surface area contributed by atoms with Crippen molar-refractivity contribution in [3.05, 3.63) is 110 Å². The van der Waals surface area contributed by atoms with Gasteiger partial charge in [-0.25, -0.2) is 14.2 Å². The largest absolute Gasteiger partial charge is 0.493 e. The van der Waals surface area contributed by atoms with E-state index in [-0.39, 0.29) is 17.7 Å². The summed E-state index contributed by atoms with van der Waals surface area (Å²) < 4.78 is 7.35. The summed E-state index contributed by atoms with van der Waals surface area (Å²) in [6.07, 6.45) is 0. The number of esters is 1. The van der Waals surface area contributed by atoms with Gasteiger partial charge in [0.15, 0.2) is 5.56 Å². The van der Waals surface area contributed by atoms with Gasteiger partial charge in [-0.2, -0.15) is 0 Å². The number of rotatable bonds is 6. The summed E-state index contributed by atoms with van der Waals surface area (Å²) in [5.41, 5.74) is 0.0296. The lowest BCUT2D eigenvalue weighted by molar-refractivity contribution is 0.0526. The van der Waals surface area contributed by atoms with E-state index in [0.717, 1.165) is 0 Å². The molecule has 0 atom stereocenters. The van der Waals surface area contributed by atoms with Gasteiger partial charge in [0.25, 0.3) is 5.56 Å². The molecule has 1 N–H and O–H groups in total. The smallest absolute Gasteiger partial charge is 0.338 e. The normalized spacial score (nSPS) is 10.8. The number of ketones is 1. The Balaban J connectivity index is 1.87. The number of aromatic hydroxyl groups is 1. The van der Waals surface area contributed by atoms with E-state index in [0.29, 0.717) is 21.4 Å². The van der Waals surface area contributed by atoms with E-state index in [9.17, 15) is 19.5 Å². The molecule has 7 nitrogen and oxygen atoms in total. The van der Waals surface area contributed by atoms with Crippen molar-refractivity contribution in [1.82, 2.24) is 9.36 Å². The lowest BCUT2D eigenvalue weighted by Crippen LogP contribution is -2.23. The molecule has 1 heterocycles. The molecule has 1 aromatic heterocycles. The second-order valence-corrected chi connectivity index (χ2v) is 8.08. The van der Waals surface area contributed by atoms with Crippen LogP contribution < -0.4 is 5.56 Å². The first-order valence-electron chi connectivity index (χ1n) is 10.2. The highest BCUT2D eigenvalue weighted by atomic mass is 35.5. The zero-order valence-corrected chi connectivity index (χ0v) is 19.4. The number of nitrogens with zero attached hydrogens (tertiary/aromatic N) is 2. The summed E-state index contributed by atoms with van der Waals surface area (Å²) in [5.74, 6) is -1.77. The molecule has 0 unspecified atom stereocenters. The first kappa shape index (κ1) is 23.4. The van der Waals surface area contributed by atoms with Crippen LogP contribution in [0.2, 0.25) is 10.0 Å². The molecule has 0 aliphatic carbocycles. The molecule has 0 spiro atoms. The minimum Gasteiger partial charge on any atom is -0.493 e. The molecule has 0 bridgehead atoms. The molecular formula is C25H18Cl2N2O5. The van der Waals surface area contributed by atoms with Crippen LogP contribution >= 0.6 is 23.2 Å². The summed E-state index contributed by atoms with van der Waals surface area (Å²) in [4.78, 5) is 38.6. The van der Waals surface area contributed by atoms with Crippen molar-refractivity contribution < 1.29 is 19.4 Å². The minimum atomic E-state index is -0.728. The Hall–Kier alpha value is -3.81. The van der Waals surface area contributed by atoms with Crippen LogP contribution in [-0.4, -0.2) is 32.8 Å². The molecule has 0 aliphatic heterocycles. The van der Waals surface area contributed by atoms with Gasteiger partial charge in [-0.3, -0.25) is 9.59 Å². The van der Waals surface area contributed by atoms with Crippen molar-refractivity contribution in [2.75, 3.05) is 6.61 Å². The number of benzene rings is 3.